The van der Waals surface area contributed by atoms with Crippen molar-refractivity contribution in [2.24, 2.45) is 0 Å². The third-order valence-corrected chi connectivity index (χ3v) is 8.33. The van der Waals surface area contributed by atoms with E-state index in [4.69, 9.17) is 4.74 Å². The van der Waals surface area contributed by atoms with Gasteiger partial charge in [0.05, 0.1) is 41.1 Å². The third-order valence-electron chi connectivity index (χ3n) is 6.41. The zero-order chi connectivity index (χ0) is 27.9. The number of anilines is 1. The number of benzene rings is 2. The molecule has 1 aliphatic heterocycles. The summed E-state index contributed by atoms with van der Waals surface area (Å²) in [6.07, 6.45) is 2.93. The molecule has 4 heterocycles. The Morgan fingerprint density at radius 1 is 1.00 bits per heavy atom. The molecule has 0 bridgehead atoms. The van der Waals surface area contributed by atoms with E-state index in [0.717, 1.165) is 0 Å². The van der Waals surface area contributed by atoms with E-state index >= 15 is 0 Å². The second-order valence-electron chi connectivity index (χ2n) is 9.05. The van der Waals surface area contributed by atoms with Crippen molar-refractivity contribution in [2.75, 3.05) is 31.6 Å². The topological polar surface area (TPSA) is 137 Å². The number of aromatic nitrogens is 6. The quantitative estimate of drug-likeness (QED) is 0.334. The van der Waals surface area contributed by atoms with Crippen molar-refractivity contribution < 1.29 is 22.3 Å². The summed E-state index contributed by atoms with van der Waals surface area (Å²) in [5.74, 6) is -0.0872. The molecule has 1 amide bonds. The molecule has 12 nitrogen and oxygen atoms in total. The number of halogens is 1. The van der Waals surface area contributed by atoms with Crippen molar-refractivity contribution in [3.63, 3.8) is 0 Å². The van der Waals surface area contributed by atoms with Crippen LogP contribution >= 0.6 is 0 Å². The van der Waals surface area contributed by atoms with Crippen LogP contribution in [0, 0.1) is 12.7 Å². The Balaban J connectivity index is 1.28. The Hall–Kier alpha value is -4.53. The molecule has 1 fully saturated rings. The smallest absolute Gasteiger partial charge is 0.256 e. The SMILES string of the molecule is Cc1cc(NC(=O)c2ccc(S(=O)(=O)N3CCOCC3)cc2)n(-c2ncnc3c2cnn3-c2ccc(F)cc2)n1. The molecule has 6 rings (SSSR count). The van der Waals surface area contributed by atoms with Crippen molar-refractivity contribution in [3.05, 3.63) is 84.2 Å². The molecule has 3 aromatic heterocycles. The van der Waals surface area contributed by atoms with Crippen LogP contribution in [0.1, 0.15) is 16.1 Å². The highest BCUT2D eigenvalue weighted by Crippen LogP contribution is 2.25. The first kappa shape index (κ1) is 25.7. The molecule has 1 saturated heterocycles. The van der Waals surface area contributed by atoms with E-state index in [2.05, 4.69) is 25.5 Å². The lowest BCUT2D eigenvalue weighted by molar-refractivity contribution is 0.0730. The van der Waals surface area contributed by atoms with Gasteiger partial charge in [-0.2, -0.15) is 19.2 Å². The summed E-state index contributed by atoms with van der Waals surface area (Å²) in [5.41, 5.74) is 1.98. The van der Waals surface area contributed by atoms with Crippen LogP contribution in [-0.4, -0.2) is 74.5 Å². The molecule has 40 heavy (non-hydrogen) atoms. The minimum absolute atomic E-state index is 0.105. The number of amides is 1. The first-order valence-corrected chi connectivity index (χ1v) is 13.8. The Bertz CT molecular complexity index is 1810. The van der Waals surface area contributed by atoms with Gasteiger partial charge in [0.25, 0.3) is 5.91 Å². The summed E-state index contributed by atoms with van der Waals surface area (Å²) in [7, 11) is -3.68. The van der Waals surface area contributed by atoms with Crippen LogP contribution in [0.5, 0.6) is 0 Å². The van der Waals surface area contributed by atoms with E-state index in [-0.39, 0.29) is 29.4 Å². The summed E-state index contributed by atoms with van der Waals surface area (Å²) in [6.45, 7) is 3.04. The fraction of sp³-hybridized carbons (Fsp3) is 0.192. The Morgan fingerprint density at radius 3 is 2.45 bits per heavy atom. The molecule has 0 radical (unpaired) electrons. The van der Waals surface area contributed by atoms with E-state index in [1.807, 2.05) is 0 Å². The number of nitrogens with zero attached hydrogens (tertiary/aromatic N) is 7. The number of ether oxygens (including phenoxy) is 1. The van der Waals surface area contributed by atoms with E-state index < -0.39 is 15.9 Å². The van der Waals surface area contributed by atoms with Crippen molar-refractivity contribution in [1.82, 2.24) is 33.8 Å². The van der Waals surface area contributed by atoms with Gasteiger partial charge in [-0.15, -0.1) is 0 Å². The molecule has 5 aromatic rings. The molecular weight excluding hydrogens is 539 g/mol. The summed E-state index contributed by atoms with van der Waals surface area (Å²) in [6, 6.07) is 13.3. The molecule has 1 N–H and O–H groups in total. The number of sulfonamides is 1. The monoisotopic (exact) mass is 562 g/mol. The van der Waals surface area contributed by atoms with Gasteiger partial charge in [0.1, 0.15) is 18.0 Å². The van der Waals surface area contributed by atoms with E-state index in [1.54, 1.807) is 36.0 Å². The van der Waals surface area contributed by atoms with Gasteiger partial charge < -0.3 is 10.1 Å². The largest absolute Gasteiger partial charge is 0.379 e. The number of nitrogens with one attached hydrogen (secondary N) is 1. The van der Waals surface area contributed by atoms with Gasteiger partial charge in [-0.25, -0.2) is 27.5 Å². The minimum atomic E-state index is -3.68. The average Bonchev–Trinajstić information content (AvgIpc) is 3.57. The van der Waals surface area contributed by atoms with Crippen molar-refractivity contribution in [3.8, 4) is 11.5 Å². The molecule has 1 aliphatic rings. The van der Waals surface area contributed by atoms with Crippen LogP contribution in [0.25, 0.3) is 22.5 Å². The molecular formula is C26H23FN8O4S. The maximum Gasteiger partial charge on any atom is 0.256 e. The normalized spacial score (nSPS) is 14.4. The molecule has 204 valence electrons. The number of carbonyl (C=O) groups is 1. The number of hydrogen-bond acceptors (Lipinski definition) is 8. The summed E-state index contributed by atoms with van der Waals surface area (Å²) in [5, 5.41) is 12.3. The second-order valence-corrected chi connectivity index (χ2v) is 11.0. The predicted molar refractivity (Wildman–Crippen MR) is 142 cm³/mol. The zero-order valence-electron chi connectivity index (χ0n) is 21.2. The maximum absolute atomic E-state index is 13.4. The molecule has 2 aromatic carbocycles. The Morgan fingerprint density at radius 2 is 1.73 bits per heavy atom. The first-order chi connectivity index (χ1) is 19.3. The first-order valence-electron chi connectivity index (χ1n) is 12.3. The molecule has 14 heteroatoms. The summed E-state index contributed by atoms with van der Waals surface area (Å²) >= 11 is 0. The van der Waals surface area contributed by atoms with Crippen molar-refractivity contribution in [1.29, 1.82) is 0 Å². The standard InChI is InChI=1S/C26H23FN8O4S/c1-17-14-23(31-26(36)18-2-8-21(9-3-18)40(37,38)33-10-12-39-13-11-33)35(32-17)25-22-15-30-34(24(22)28-16-29-25)20-6-4-19(27)5-7-20/h2-9,14-16H,10-13H2,1H3,(H,31,36). The van der Waals surface area contributed by atoms with Crippen LogP contribution in [0.15, 0.2) is 72.0 Å². The molecule has 0 aliphatic carbocycles. The van der Waals surface area contributed by atoms with Gasteiger partial charge in [0.2, 0.25) is 10.0 Å². The highest BCUT2D eigenvalue weighted by Gasteiger charge is 2.26. The Labute approximate surface area is 228 Å². The Kier molecular flexibility index (Phi) is 6.57. The van der Waals surface area contributed by atoms with Crippen molar-refractivity contribution in [2.45, 2.75) is 11.8 Å². The molecule has 0 atom stereocenters. The van der Waals surface area contributed by atoms with Gasteiger partial charge in [-0.3, -0.25) is 4.79 Å². The molecule has 0 unspecified atom stereocenters. The highest BCUT2D eigenvalue weighted by molar-refractivity contribution is 7.89. The number of morpholine rings is 1. The van der Waals surface area contributed by atoms with E-state index in [9.17, 15) is 17.6 Å². The van der Waals surface area contributed by atoms with Crippen LogP contribution in [0.3, 0.4) is 0 Å². The average molecular weight is 563 g/mol. The fourth-order valence-electron chi connectivity index (χ4n) is 4.42. The maximum atomic E-state index is 13.4. The third kappa shape index (κ3) is 4.72. The number of hydrogen-bond donors (Lipinski definition) is 1. The minimum Gasteiger partial charge on any atom is -0.379 e. The molecule has 0 saturated carbocycles. The summed E-state index contributed by atoms with van der Waals surface area (Å²) < 4.78 is 48.9. The van der Waals surface area contributed by atoms with E-state index in [0.29, 0.717) is 47.3 Å². The van der Waals surface area contributed by atoms with Crippen LogP contribution in [0.4, 0.5) is 10.2 Å². The van der Waals surface area contributed by atoms with E-state index in [1.165, 1.54) is 51.7 Å². The molecule has 0 spiro atoms. The number of fused-ring (bicyclic) bond motifs is 1. The zero-order valence-corrected chi connectivity index (χ0v) is 22.0. The summed E-state index contributed by atoms with van der Waals surface area (Å²) in [4.78, 5) is 22.0. The van der Waals surface area contributed by atoms with Crippen LogP contribution in [0.2, 0.25) is 0 Å². The predicted octanol–water partition coefficient (Wildman–Crippen LogP) is 2.72. The lowest BCUT2D eigenvalue weighted by Gasteiger charge is -2.26. The van der Waals surface area contributed by atoms with Gasteiger partial charge in [-0.05, 0) is 55.5 Å². The lowest BCUT2D eigenvalue weighted by Crippen LogP contribution is -2.40. The lowest BCUT2D eigenvalue weighted by atomic mass is 10.2. The fourth-order valence-corrected chi connectivity index (χ4v) is 5.83. The van der Waals surface area contributed by atoms with Crippen LogP contribution < -0.4 is 5.32 Å². The number of carbonyl (C=O) groups excluding carboxylic acids is 1. The second kappa shape index (κ2) is 10.2. The number of rotatable bonds is 6. The number of aryl methyl sites for hydroxylation is 1. The highest BCUT2D eigenvalue weighted by atomic mass is 32.2. The van der Waals surface area contributed by atoms with Gasteiger partial charge in [-0.1, -0.05) is 0 Å². The van der Waals surface area contributed by atoms with Gasteiger partial charge in [0, 0.05) is 24.7 Å². The van der Waals surface area contributed by atoms with Gasteiger partial charge in [0.15, 0.2) is 11.5 Å². The van der Waals surface area contributed by atoms with Crippen molar-refractivity contribution >= 4 is 32.8 Å². The van der Waals surface area contributed by atoms with Crippen LogP contribution in [-0.2, 0) is 14.8 Å². The van der Waals surface area contributed by atoms with Gasteiger partial charge >= 0.3 is 0 Å².